The van der Waals surface area contributed by atoms with Crippen molar-refractivity contribution in [3.63, 3.8) is 0 Å². The molecule has 0 radical (unpaired) electrons. The highest BCUT2D eigenvalue weighted by atomic mass is 32.2. The summed E-state index contributed by atoms with van der Waals surface area (Å²) in [6.07, 6.45) is 0.900. The smallest absolute Gasteiger partial charge is 0.245 e. The van der Waals surface area contributed by atoms with E-state index in [1.54, 1.807) is 37.4 Å². The summed E-state index contributed by atoms with van der Waals surface area (Å²) in [5.74, 6) is 0.200. The van der Waals surface area contributed by atoms with Crippen molar-refractivity contribution in [3.8, 4) is 5.75 Å². The number of para-hydroxylation sites is 2. The van der Waals surface area contributed by atoms with Crippen LogP contribution < -0.4 is 10.1 Å². The van der Waals surface area contributed by atoms with E-state index in [9.17, 15) is 13.2 Å². The van der Waals surface area contributed by atoms with Gasteiger partial charge in [-0.05, 0) is 37.1 Å². The number of sulfonamides is 1. The quantitative estimate of drug-likeness (QED) is 0.665. The molecule has 0 saturated carbocycles. The van der Waals surface area contributed by atoms with Gasteiger partial charge in [0.1, 0.15) is 21.7 Å². The number of hydrogen-bond acceptors (Lipinski definition) is 7. The first-order chi connectivity index (χ1) is 14.0. The van der Waals surface area contributed by atoms with Crippen LogP contribution in [0.25, 0.3) is 11.0 Å². The largest absolute Gasteiger partial charge is 0.495 e. The lowest BCUT2D eigenvalue weighted by molar-refractivity contribution is -0.120. The van der Waals surface area contributed by atoms with Crippen LogP contribution in [-0.2, 0) is 14.8 Å². The standard InChI is InChI=1S/C19H20N4O4S2/c1-27-16-7-3-2-5-14(16)20-19(24)13-9-11-23(12-10-13)29(25,26)17-8-4-6-15-18(17)22-28-21-15/h2-8,13H,9-12H2,1H3,(H,20,24). The predicted octanol–water partition coefficient (Wildman–Crippen LogP) is 2.74. The predicted molar refractivity (Wildman–Crippen MR) is 111 cm³/mol. The zero-order chi connectivity index (χ0) is 20.4. The summed E-state index contributed by atoms with van der Waals surface area (Å²) >= 11 is 0.992. The van der Waals surface area contributed by atoms with Crippen molar-refractivity contribution in [3.05, 3.63) is 42.5 Å². The summed E-state index contributed by atoms with van der Waals surface area (Å²) < 4.78 is 41.1. The molecule has 2 aromatic carbocycles. The fourth-order valence-corrected chi connectivity index (χ4v) is 5.69. The lowest BCUT2D eigenvalue weighted by atomic mass is 9.97. The first-order valence-electron chi connectivity index (χ1n) is 9.16. The number of methoxy groups -OCH3 is 1. The first-order valence-corrected chi connectivity index (χ1v) is 11.3. The van der Waals surface area contributed by atoms with Crippen LogP contribution in [0.3, 0.4) is 0 Å². The van der Waals surface area contributed by atoms with Gasteiger partial charge < -0.3 is 10.1 Å². The van der Waals surface area contributed by atoms with Crippen molar-refractivity contribution >= 4 is 44.4 Å². The van der Waals surface area contributed by atoms with Crippen molar-refractivity contribution < 1.29 is 17.9 Å². The summed E-state index contributed by atoms with van der Waals surface area (Å²) in [5.41, 5.74) is 1.58. The van der Waals surface area contributed by atoms with Crippen molar-refractivity contribution in [2.75, 3.05) is 25.5 Å². The van der Waals surface area contributed by atoms with Gasteiger partial charge in [-0.15, -0.1) is 0 Å². The summed E-state index contributed by atoms with van der Waals surface area (Å²) in [6.45, 7) is 0.556. The Balaban J connectivity index is 1.45. The van der Waals surface area contributed by atoms with Gasteiger partial charge in [0.05, 0.1) is 24.5 Å². The molecule has 2 heterocycles. The van der Waals surface area contributed by atoms with Gasteiger partial charge in [-0.1, -0.05) is 18.2 Å². The van der Waals surface area contributed by atoms with Gasteiger partial charge in [0, 0.05) is 19.0 Å². The minimum atomic E-state index is -3.69. The Morgan fingerprint density at radius 1 is 1.14 bits per heavy atom. The van der Waals surface area contributed by atoms with E-state index in [4.69, 9.17) is 4.74 Å². The molecule has 0 bridgehead atoms. The molecule has 0 unspecified atom stereocenters. The monoisotopic (exact) mass is 432 g/mol. The van der Waals surface area contributed by atoms with Crippen LogP contribution in [-0.4, -0.2) is 47.6 Å². The number of benzene rings is 2. The average Bonchev–Trinajstić information content (AvgIpc) is 3.23. The number of aromatic nitrogens is 2. The number of hydrogen-bond donors (Lipinski definition) is 1. The molecule has 3 aromatic rings. The third-order valence-corrected chi connectivity index (χ3v) is 7.53. The molecule has 0 aliphatic carbocycles. The Kier molecular flexibility index (Phi) is 5.48. The molecular weight excluding hydrogens is 412 g/mol. The molecule has 1 aliphatic rings. The molecule has 152 valence electrons. The van der Waals surface area contributed by atoms with Crippen LogP contribution in [0.4, 0.5) is 5.69 Å². The van der Waals surface area contributed by atoms with E-state index in [0.29, 0.717) is 35.3 Å². The van der Waals surface area contributed by atoms with E-state index < -0.39 is 10.0 Å². The Morgan fingerprint density at radius 3 is 2.66 bits per heavy atom. The minimum absolute atomic E-state index is 0.127. The zero-order valence-corrected chi connectivity index (χ0v) is 17.4. The molecule has 1 saturated heterocycles. The molecule has 0 spiro atoms. The molecule has 29 heavy (non-hydrogen) atoms. The molecule has 4 rings (SSSR count). The number of ether oxygens (including phenoxy) is 1. The Labute approximate surface area is 172 Å². The molecule has 1 fully saturated rings. The number of piperidine rings is 1. The van der Waals surface area contributed by atoms with Gasteiger partial charge >= 0.3 is 0 Å². The maximum atomic E-state index is 13.1. The van der Waals surface area contributed by atoms with Gasteiger partial charge in [-0.25, -0.2) is 8.42 Å². The number of nitrogens with one attached hydrogen (secondary N) is 1. The summed E-state index contributed by atoms with van der Waals surface area (Å²) in [5, 5.41) is 2.89. The van der Waals surface area contributed by atoms with Crippen LogP contribution in [0.2, 0.25) is 0 Å². The molecular formula is C19H20N4O4S2. The highest BCUT2D eigenvalue weighted by Gasteiger charge is 2.33. The molecule has 1 aliphatic heterocycles. The number of carbonyl (C=O) groups excluding carboxylic acids is 1. The van der Waals surface area contributed by atoms with E-state index in [-0.39, 0.29) is 29.8 Å². The molecule has 8 nitrogen and oxygen atoms in total. The number of amides is 1. The third-order valence-electron chi connectivity index (χ3n) is 5.06. The summed E-state index contributed by atoms with van der Waals surface area (Å²) in [7, 11) is -2.14. The van der Waals surface area contributed by atoms with Crippen molar-refractivity contribution in [1.29, 1.82) is 0 Å². The topological polar surface area (TPSA) is 101 Å². The second-order valence-corrected chi connectivity index (χ2v) is 9.19. The third kappa shape index (κ3) is 3.83. The van der Waals surface area contributed by atoms with Gasteiger partial charge in [0.25, 0.3) is 0 Å². The van der Waals surface area contributed by atoms with E-state index >= 15 is 0 Å². The van der Waals surface area contributed by atoms with Gasteiger partial charge in [0.15, 0.2) is 0 Å². The van der Waals surface area contributed by atoms with E-state index in [2.05, 4.69) is 14.1 Å². The molecule has 0 atom stereocenters. The van der Waals surface area contributed by atoms with Crippen molar-refractivity contribution in [2.45, 2.75) is 17.7 Å². The number of fused-ring (bicyclic) bond motifs is 1. The number of rotatable bonds is 5. The van der Waals surface area contributed by atoms with E-state index in [0.717, 1.165) is 11.7 Å². The molecule has 1 amide bonds. The average molecular weight is 433 g/mol. The van der Waals surface area contributed by atoms with Crippen LogP contribution in [0, 0.1) is 5.92 Å². The lowest BCUT2D eigenvalue weighted by Gasteiger charge is -2.30. The fourth-order valence-electron chi connectivity index (χ4n) is 3.47. The lowest BCUT2D eigenvalue weighted by Crippen LogP contribution is -2.41. The SMILES string of the molecule is COc1ccccc1NC(=O)C1CCN(S(=O)(=O)c2cccc3nsnc23)CC1. The summed E-state index contributed by atoms with van der Waals surface area (Å²) in [4.78, 5) is 12.8. The van der Waals surface area contributed by atoms with Crippen molar-refractivity contribution in [2.24, 2.45) is 5.92 Å². The molecule has 1 aromatic heterocycles. The van der Waals surface area contributed by atoms with Crippen LogP contribution in [0.15, 0.2) is 47.4 Å². The Morgan fingerprint density at radius 2 is 1.90 bits per heavy atom. The number of carbonyl (C=O) groups is 1. The number of nitrogens with zero attached hydrogens (tertiary/aromatic N) is 3. The normalized spacial score (nSPS) is 16.0. The summed E-state index contributed by atoms with van der Waals surface area (Å²) in [6, 6.07) is 12.2. The Hall–Kier alpha value is -2.56. The molecule has 1 N–H and O–H groups in total. The van der Waals surface area contributed by atoms with Crippen LogP contribution in [0.1, 0.15) is 12.8 Å². The highest BCUT2D eigenvalue weighted by Crippen LogP contribution is 2.29. The maximum Gasteiger partial charge on any atom is 0.245 e. The van der Waals surface area contributed by atoms with Crippen molar-refractivity contribution in [1.82, 2.24) is 13.1 Å². The van der Waals surface area contributed by atoms with Gasteiger partial charge in [-0.2, -0.15) is 13.1 Å². The van der Waals surface area contributed by atoms with Crippen LogP contribution >= 0.6 is 11.7 Å². The highest BCUT2D eigenvalue weighted by molar-refractivity contribution is 7.89. The maximum absolute atomic E-state index is 13.1. The van der Waals surface area contributed by atoms with Gasteiger partial charge in [0.2, 0.25) is 15.9 Å². The number of anilines is 1. The van der Waals surface area contributed by atoms with E-state index in [1.807, 2.05) is 12.1 Å². The second kappa shape index (κ2) is 8.05. The van der Waals surface area contributed by atoms with Crippen LogP contribution in [0.5, 0.6) is 5.75 Å². The zero-order valence-electron chi connectivity index (χ0n) is 15.7. The fraction of sp³-hybridized carbons (Fsp3) is 0.316. The van der Waals surface area contributed by atoms with Gasteiger partial charge in [-0.3, -0.25) is 4.79 Å². The first kappa shape index (κ1) is 19.7. The Bertz CT molecular complexity index is 1140. The second-order valence-electron chi connectivity index (χ2n) is 6.76. The van der Waals surface area contributed by atoms with E-state index in [1.165, 1.54) is 4.31 Å². The minimum Gasteiger partial charge on any atom is -0.495 e. The molecule has 10 heteroatoms.